The summed E-state index contributed by atoms with van der Waals surface area (Å²) in [5.41, 5.74) is 0. The molecule has 0 nitrogen and oxygen atoms in total. The van der Waals surface area contributed by atoms with Crippen LogP contribution in [0.15, 0.2) is 0 Å². The quantitative estimate of drug-likeness (QED) is 0.619. The minimum Gasteiger partial charge on any atom is -0.0654 e. The van der Waals surface area contributed by atoms with Crippen molar-refractivity contribution < 1.29 is 0 Å². The summed E-state index contributed by atoms with van der Waals surface area (Å²) in [4.78, 5) is 0. The lowest BCUT2D eigenvalue weighted by atomic mass is 9.78. The Morgan fingerprint density at radius 2 is 1.50 bits per heavy atom. The Balaban J connectivity index is 2.78. The summed E-state index contributed by atoms with van der Waals surface area (Å²) in [7, 11) is 0. The molecule has 0 aliphatic heterocycles. The monoisotopic (exact) mass is 196 g/mol. The molecule has 14 heavy (non-hydrogen) atoms. The average Bonchev–Trinajstić information content (AvgIpc) is 2.32. The molecule has 0 heterocycles. The van der Waals surface area contributed by atoms with E-state index in [0.29, 0.717) is 0 Å². The Bertz CT molecular complexity index is 171. The predicted molar refractivity (Wildman–Crippen MR) is 64.2 cm³/mol. The van der Waals surface area contributed by atoms with Gasteiger partial charge in [-0.3, -0.25) is 0 Å². The minimum absolute atomic E-state index is 0.869. The third-order valence-electron chi connectivity index (χ3n) is 4.83. The molecule has 0 aromatic rings. The second-order valence-corrected chi connectivity index (χ2v) is 5.85. The van der Waals surface area contributed by atoms with Crippen molar-refractivity contribution in [1.82, 2.24) is 0 Å². The van der Waals surface area contributed by atoms with E-state index in [4.69, 9.17) is 0 Å². The van der Waals surface area contributed by atoms with Gasteiger partial charge in [-0.1, -0.05) is 54.4 Å². The molecule has 0 aromatic heterocycles. The van der Waals surface area contributed by atoms with E-state index >= 15 is 0 Å². The molecular weight excluding hydrogens is 168 g/mol. The van der Waals surface area contributed by atoms with Crippen LogP contribution in [0.1, 0.15) is 54.4 Å². The van der Waals surface area contributed by atoms with Crippen molar-refractivity contribution in [1.29, 1.82) is 0 Å². The van der Waals surface area contributed by atoms with Gasteiger partial charge >= 0.3 is 0 Å². The largest absolute Gasteiger partial charge is 0.0654 e. The van der Waals surface area contributed by atoms with Gasteiger partial charge in [0.15, 0.2) is 0 Å². The molecule has 0 aromatic carbocycles. The van der Waals surface area contributed by atoms with Crippen molar-refractivity contribution in [3.05, 3.63) is 0 Å². The fourth-order valence-electron chi connectivity index (χ4n) is 3.85. The Hall–Kier alpha value is 0. The van der Waals surface area contributed by atoms with E-state index in [9.17, 15) is 0 Å². The van der Waals surface area contributed by atoms with Crippen LogP contribution >= 0.6 is 0 Å². The zero-order valence-electron chi connectivity index (χ0n) is 10.9. The Morgan fingerprint density at radius 1 is 0.929 bits per heavy atom. The smallest absolute Gasteiger partial charge is 0.0332 e. The van der Waals surface area contributed by atoms with Crippen LogP contribution in [0.2, 0.25) is 0 Å². The van der Waals surface area contributed by atoms with Gasteiger partial charge in [-0.25, -0.2) is 0 Å². The molecule has 0 bridgehead atoms. The third-order valence-corrected chi connectivity index (χ3v) is 4.83. The van der Waals surface area contributed by atoms with E-state index in [1.54, 1.807) is 0 Å². The Morgan fingerprint density at radius 3 is 1.93 bits per heavy atom. The molecule has 0 heteroatoms. The lowest BCUT2D eigenvalue weighted by Gasteiger charge is -2.28. The minimum atomic E-state index is 0.869. The molecule has 5 atom stereocenters. The van der Waals surface area contributed by atoms with Crippen molar-refractivity contribution in [2.24, 2.45) is 35.5 Å². The summed E-state index contributed by atoms with van der Waals surface area (Å²) in [6.45, 7) is 14.6. The van der Waals surface area contributed by atoms with Crippen molar-refractivity contribution in [3.8, 4) is 0 Å². The lowest BCUT2D eigenvalue weighted by molar-refractivity contribution is 0.212. The van der Waals surface area contributed by atoms with Crippen LogP contribution < -0.4 is 0 Å². The van der Waals surface area contributed by atoms with E-state index in [0.717, 1.165) is 35.5 Å². The molecule has 1 fully saturated rings. The second kappa shape index (κ2) is 4.68. The number of hydrogen-bond acceptors (Lipinski definition) is 0. The number of hydrogen-bond donors (Lipinski definition) is 0. The van der Waals surface area contributed by atoms with Crippen LogP contribution in [0.3, 0.4) is 0 Å². The van der Waals surface area contributed by atoms with Crippen LogP contribution in [0.4, 0.5) is 0 Å². The first kappa shape index (κ1) is 12.1. The van der Waals surface area contributed by atoms with E-state index in [-0.39, 0.29) is 0 Å². The highest BCUT2D eigenvalue weighted by molar-refractivity contribution is 4.92. The van der Waals surface area contributed by atoms with Gasteiger partial charge in [0.1, 0.15) is 0 Å². The van der Waals surface area contributed by atoms with Gasteiger partial charge in [-0.15, -0.1) is 0 Å². The van der Waals surface area contributed by atoms with E-state index in [2.05, 4.69) is 41.5 Å². The van der Waals surface area contributed by atoms with Crippen LogP contribution in [-0.4, -0.2) is 0 Å². The summed E-state index contributed by atoms with van der Waals surface area (Å²) in [6.07, 6.45) is 2.80. The maximum atomic E-state index is 2.48. The van der Waals surface area contributed by atoms with Crippen LogP contribution in [0.5, 0.6) is 0 Å². The molecule has 1 aliphatic rings. The molecule has 1 rings (SSSR count). The van der Waals surface area contributed by atoms with Gasteiger partial charge in [0.2, 0.25) is 0 Å². The van der Waals surface area contributed by atoms with Crippen molar-refractivity contribution in [2.45, 2.75) is 54.4 Å². The molecule has 1 aliphatic carbocycles. The van der Waals surface area contributed by atoms with Gasteiger partial charge in [0.25, 0.3) is 0 Å². The average molecular weight is 196 g/mol. The van der Waals surface area contributed by atoms with E-state index < -0.39 is 0 Å². The maximum absolute atomic E-state index is 2.48. The Labute approximate surface area is 90.5 Å². The number of rotatable bonds is 3. The summed E-state index contributed by atoms with van der Waals surface area (Å²) in [6, 6.07) is 0. The van der Waals surface area contributed by atoms with Gasteiger partial charge in [0, 0.05) is 0 Å². The summed E-state index contributed by atoms with van der Waals surface area (Å²) in [5, 5.41) is 0. The lowest BCUT2D eigenvalue weighted by Crippen LogP contribution is -2.21. The molecular formula is C14H28. The first-order valence-electron chi connectivity index (χ1n) is 6.50. The first-order valence-corrected chi connectivity index (χ1v) is 6.50. The zero-order valence-corrected chi connectivity index (χ0v) is 10.9. The van der Waals surface area contributed by atoms with E-state index in [1.807, 2.05) is 0 Å². The topological polar surface area (TPSA) is 0 Å². The van der Waals surface area contributed by atoms with Crippen LogP contribution in [0, 0.1) is 35.5 Å². The second-order valence-electron chi connectivity index (χ2n) is 5.85. The molecule has 1 saturated carbocycles. The summed E-state index contributed by atoms with van der Waals surface area (Å²) in [5.74, 6) is 5.64. The fraction of sp³-hybridized carbons (Fsp3) is 1.00. The SMILES string of the molecule is CCCC1C(C)C(C)C(C)C1C(C)C. The van der Waals surface area contributed by atoms with E-state index in [1.165, 1.54) is 12.8 Å². The highest BCUT2D eigenvalue weighted by Gasteiger charge is 2.44. The molecule has 84 valence electrons. The zero-order chi connectivity index (χ0) is 10.9. The van der Waals surface area contributed by atoms with Crippen molar-refractivity contribution in [3.63, 3.8) is 0 Å². The van der Waals surface area contributed by atoms with Crippen molar-refractivity contribution in [2.75, 3.05) is 0 Å². The molecule has 0 spiro atoms. The van der Waals surface area contributed by atoms with Crippen molar-refractivity contribution >= 4 is 0 Å². The molecule has 0 N–H and O–H groups in total. The highest BCUT2D eigenvalue weighted by Crippen LogP contribution is 2.50. The van der Waals surface area contributed by atoms with Gasteiger partial charge in [-0.2, -0.15) is 0 Å². The standard InChI is InChI=1S/C14H28/c1-7-8-13-11(5)10(4)12(6)14(13)9(2)3/h9-14H,7-8H2,1-6H3. The first-order chi connectivity index (χ1) is 6.50. The summed E-state index contributed by atoms with van der Waals surface area (Å²) < 4.78 is 0. The third kappa shape index (κ3) is 1.99. The molecule has 0 saturated heterocycles. The van der Waals surface area contributed by atoms with Crippen LogP contribution in [-0.2, 0) is 0 Å². The fourth-order valence-corrected chi connectivity index (χ4v) is 3.85. The van der Waals surface area contributed by atoms with Gasteiger partial charge in [0.05, 0.1) is 0 Å². The molecule has 5 unspecified atom stereocenters. The van der Waals surface area contributed by atoms with Gasteiger partial charge in [-0.05, 0) is 35.5 Å². The molecule has 0 amide bonds. The molecule has 0 radical (unpaired) electrons. The van der Waals surface area contributed by atoms with Gasteiger partial charge < -0.3 is 0 Å². The highest BCUT2D eigenvalue weighted by atomic mass is 14.5. The predicted octanol–water partition coefficient (Wildman–Crippen LogP) is 4.60. The summed E-state index contributed by atoms with van der Waals surface area (Å²) >= 11 is 0. The normalized spacial score (nSPS) is 43.5. The Kier molecular flexibility index (Phi) is 4.04. The van der Waals surface area contributed by atoms with Crippen LogP contribution in [0.25, 0.3) is 0 Å². The maximum Gasteiger partial charge on any atom is -0.0332 e.